The molecule has 15 heavy (non-hydrogen) atoms. The fraction of sp³-hybridized carbons (Fsp3) is 0. The van der Waals surface area contributed by atoms with Crippen molar-refractivity contribution in [2.24, 2.45) is 0 Å². The summed E-state index contributed by atoms with van der Waals surface area (Å²) >= 11 is 0. The van der Waals surface area contributed by atoms with Gasteiger partial charge in [0.1, 0.15) is 5.82 Å². The Hall–Kier alpha value is -2.17. The summed E-state index contributed by atoms with van der Waals surface area (Å²) < 4.78 is 13.5. The van der Waals surface area contributed by atoms with Crippen LogP contribution in [0.5, 0.6) is 0 Å². The highest BCUT2D eigenvalue weighted by Crippen LogP contribution is 2.20. The van der Waals surface area contributed by atoms with E-state index in [-0.39, 0.29) is 5.56 Å². The highest BCUT2D eigenvalue weighted by atomic mass is 19.1. The average molecular weight is 206 g/mol. The number of imidazole rings is 1. The highest BCUT2D eigenvalue weighted by Gasteiger charge is 2.10. The van der Waals surface area contributed by atoms with Crippen LogP contribution in [0.25, 0.3) is 11.3 Å². The SMILES string of the molecule is O=C(O)c1ccc(-c2cnc[nH]2)c(F)c1. The van der Waals surface area contributed by atoms with E-state index in [0.717, 1.165) is 6.07 Å². The summed E-state index contributed by atoms with van der Waals surface area (Å²) in [5.74, 6) is -1.73. The number of carboxylic acids is 1. The quantitative estimate of drug-likeness (QED) is 0.788. The van der Waals surface area contributed by atoms with Gasteiger partial charge in [0.25, 0.3) is 0 Å². The lowest BCUT2D eigenvalue weighted by atomic mass is 10.1. The Bertz CT molecular complexity index is 494. The summed E-state index contributed by atoms with van der Waals surface area (Å²) in [6, 6.07) is 3.74. The van der Waals surface area contributed by atoms with Gasteiger partial charge >= 0.3 is 5.97 Å². The van der Waals surface area contributed by atoms with Gasteiger partial charge in [-0.2, -0.15) is 0 Å². The third kappa shape index (κ3) is 1.71. The number of hydrogen-bond donors (Lipinski definition) is 2. The first-order valence-electron chi connectivity index (χ1n) is 4.20. The number of nitrogens with one attached hydrogen (secondary N) is 1. The number of hydrogen-bond acceptors (Lipinski definition) is 2. The summed E-state index contributed by atoms with van der Waals surface area (Å²) in [4.78, 5) is 17.1. The van der Waals surface area contributed by atoms with Crippen LogP contribution in [0.3, 0.4) is 0 Å². The molecule has 0 radical (unpaired) electrons. The minimum absolute atomic E-state index is 0.0734. The Balaban J connectivity index is 2.48. The van der Waals surface area contributed by atoms with E-state index in [1.54, 1.807) is 0 Å². The molecule has 0 spiro atoms. The van der Waals surface area contributed by atoms with Crippen LogP contribution in [0.1, 0.15) is 10.4 Å². The molecule has 1 aromatic heterocycles. The number of aromatic carboxylic acids is 1. The molecule has 0 amide bonds. The molecule has 0 aliphatic carbocycles. The fourth-order valence-electron chi connectivity index (χ4n) is 1.27. The van der Waals surface area contributed by atoms with Crippen LogP contribution in [0.15, 0.2) is 30.7 Å². The number of aromatic amines is 1. The van der Waals surface area contributed by atoms with Gasteiger partial charge in [-0.1, -0.05) is 0 Å². The van der Waals surface area contributed by atoms with Crippen molar-refractivity contribution in [1.29, 1.82) is 0 Å². The lowest BCUT2D eigenvalue weighted by molar-refractivity contribution is 0.0696. The first kappa shape index (κ1) is 9.39. The maximum absolute atomic E-state index is 13.5. The van der Waals surface area contributed by atoms with Crippen LogP contribution in [0, 0.1) is 5.82 Å². The topological polar surface area (TPSA) is 66.0 Å². The zero-order chi connectivity index (χ0) is 10.8. The van der Waals surface area contributed by atoms with Crippen molar-refractivity contribution in [3.63, 3.8) is 0 Å². The van der Waals surface area contributed by atoms with Gasteiger partial charge in [-0.3, -0.25) is 0 Å². The van der Waals surface area contributed by atoms with Crippen LogP contribution in [-0.4, -0.2) is 21.0 Å². The minimum Gasteiger partial charge on any atom is -0.478 e. The van der Waals surface area contributed by atoms with E-state index in [1.165, 1.54) is 24.7 Å². The van der Waals surface area contributed by atoms with Crippen LogP contribution in [-0.2, 0) is 0 Å². The Kier molecular flexibility index (Phi) is 2.21. The second-order valence-corrected chi connectivity index (χ2v) is 2.97. The van der Waals surface area contributed by atoms with E-state index in [2.05, 4.69) is 9.97 Å². The van der Waals surface area contributed by atoms with Crippen LogP contribution in [0.2, 0.25) is 0 Å². The summed E-state index contributed by atoms with van der Waals surface area (Å²) in [6.45, 7) is 0. The summed E-state index contributed by atoms with van der Waals surface area (Å²) in [6.07, 6.45) is 2.90. The van der Waals surface area contributed by atoms with Crippen LogP contribution < -0.4 is 0 Å². The van der Waals surface area contributed by atoms with E-state index in [1.807, 2.05) is 0 Å². The van der Waals surface area contributed by atoms with Crippen LogP contribution >= 0.6 is 0 Å². The molecular weight excluding hydrogens is 199 g/mol. The lowest BCUT2D eigenvalue weighted by Crippen LogP contribution is -1.97. The van der Waals surface area contributed by atoms with E-state index in [9.17, 15) is 9.18 Å². The zero-order valence-electron chi connectivity index (χ0n) is 7.57. The third-order valence-electron chi connectivity index (χ3n) is 2.00. The van der Waals surface area contributed by atoms with E-state index < -0.39 is 11.8 Å². The van der Waals surface area contributed by atoms with Gasteiger partial charge in [0, 0.05) is 5.56 Å². The molecule has 1 aromatic carbocycles. The van der Waals surface area contributed by atoms with Gasteiger partial charge in [0.05, 0.1) is 23.8 Å². The van der Waals surface area contributed by atoms with Crippen molar-refractivity contribution in [1.82, 2.24) is 9.97 Å². The predicted octanol–water partition coefficient (Wildman–Crippen LogP) is 1.91. The molecule has 0 aliphatic heterocycles. The molecule has 0 atom stereocenters. The molecular formula is C10H7FN2O2. The molecule has 0 bridgehead atoms. The maximum atomic E-state index is 13.5. The molecule has 2 N–H and O–H groups in total. The number of aromatic nitrogens is 2. The monoisotopic (exact) mass is 206 g/mol. The largest absolute Gasteiger partial charge is 0.478 e. The number of halogens is 1. The molecule has 2 aromatic rings. The summed E-state index contributed by atoms with van der Waals surface area (Å²) in [5.41, 5.74) is 0.748. The number of carbonyl (C=O) groups is 1. The lowest BCUT2D eigenvalue weighted by Gasteiger charge is -2.01. The van der Waals surface area contributed by atoms with Gasteiger partial charge in [-0.15, -0.1) is 0 Å². The van der Waals surface area contributed by atoms with Gasteiger partial charge in [0.15, 0.2) is 0 Å². The first-order valence-corrected chi connectivity index (χ1v) is 4.20. The first-order chi connectivity index (χ1) is 7.18. The van der Waals surface area contributed by atoms with E-state index in [0.29, 0.717) is 11.3 Å². The molecule has 5 heteroatoms. The average Bonchev–Trinajstić information content (AvgIpc) is 2.70. The Morgan fingerprint density at radius 3 is 2.80 bits per heavy atom. The minimum atomic E-state index is -1.15. The fourth-order valence-corrected chi connectivity index (χ4v) is 1.27. The smallest absolute Gasteiger partial charge is 0.335 e. The number of rotatable bonds is 2. The van der Waals surface area contributed by atoms with Crippen molar-refractivity contribution < 1.29 is 14.3 Å². The van der Waals surface area contributed by atoms with Crippen molar-refractivity contribution in [2.75, 3.05) is 0 Å². The zero-order valence-corrected chi connectivity index (χ0v) is 7.57. The highest BCUT2D eigenvalue weighted by molar-refractivity contribution is 5.88. The molecule has 0 saturated heterocycles. The molecule has 4 nitrogen and oxygen atoms in total. The van der Waals surface area contributed by atoms with E-state index in [4.69, 9.17) is 5.11 Å². The number of H-pyrrole nitrogens is 1. The van der Waals surface area contributed by atoms with Crippen molar-refractivity contribution in [3.05, 3.63) is 42.1 Å². The number of carboxylic acid groups (broad SMARTS) is 1. The van der Waals surface area contributed by atoms with Gasteiger partial charge in [-0.05, 0) is 18.2 Å². The number of benzene rings is 1. The molecule has 0 fully saturated rings. The van der Waals surface area contributed by atoms with Gasteiger partial charge in [0.2, 0.25) is 0 Å². The van der Waals surface area contributed by atoms with Crippen LogP contribution in [0.4, 0.5) is 4.39 Å². The van der Waals surface area contributed by atoms with Gasteiger partial charge < -0.3 is 10.1 Å². The van der Waals surface area contributed by atoms with Crippen molar-refractivity contribution in [2.45, 2.75) is 0 Å². The number of nitrogens with zero attached hydrogens (tertiary/aromatic N) is 1. The Morgan fingerprint density at radius 1 is 1.47 bits per heavy atom. The molecule has 0 aliphatic rings. The predicted molar refractivity (Wildman–Crippen MR) is 50.9 cm³/mol. The molecule has 0 saturated carbocycles. The van der Waals surface area contributed by atoms with E-state index >= 15 is 0 Å². The molecule has 1 heterocycles. The Labute approximate surface area is 84.4 Å². The summed E-state index contributed by atoms with van der Waals surface area (Å²) in [5, 5.41) is 8.64. The second kappa shape index (κ2) is 3.53. The molecule has 2 rings (SSSR count). The molecule has 0 unspecified atom stereocenters. The summed E-state index contributed by atoms with van der Waals surface area (Å²) in [7, 11) is 0. The van der Waals surface area contributed by atoms with Crippen molar-refractivity contribution >= 4 is 5.97 Å². The normalized spacial score (nSPS) is 10.2. The molecule has 76 valence electrons. The maximum Gasteiger partial charge on any atom is 0.335 e. The standard InChI is InChI=1S/C10H7FN2O2/c11-8-3-6(10(14)15)1-2-7(8)9-4-12-5-13-9/h1-5H,(H,12,13)(H,14,15). The van der Waals surface area contributed by atoms with Crippen molar-refractivity contribution in [3.8, 4) is 11.3 Å². The Morgan fingerprint density at radius 2 is 2.27 bits per heavy atom. The van der Waals surface area contributed by atoms with Gasteiger partial charge in [-0.25, -0.2) is 14.2 Å². The second-order valence-electron chi connectivity index (χ2n) is 2.97. The third-order valence-corrected chi connectivity index (χ3v) is 2.00.